The molecule has 0 N–H and O–H groups in total. The predicted octanol–water partition coefficient (Wildman–Crippen LogP) is 6.59. The van der Waals surface area contributed by atoms with Crippen molar-refractivity contribution in [2.24, 2.45) is 11.8 Å². The van der Waals surface area contributed by atoms with E-state index in [1.54, 1.807) is 0 Å². The quantitative estimate of drug-likeness (QED) is 0.400. The summed E-state index contributed by atoms with van der Waals surface area (Å²) in [5, 5.41) is 23.6. The van der Waals surface area contributed by atoms with E-state index in [0.29, 0.717) is 36.5 Å². The highest BCUT2D eigenvalue weighted by molar-refractivity contribution is 6.06. The van der Waals surface area contributed by atoms with Gasteiger partial charge in [0.25, 0.3) is 0 Å². The van der Waals surface area contributed by atoms with Crippen molar-refractivity contribution in [1.82, 2.24) is 0 Å². The Bertz CT molecular complexity index is 1040. The van der Waals surface area contributed by atoms with Crippen LogP contribution in [0.5, 0.6) is 11.5 Å². The molecule has 3 rings (SSSR count). The average molecular weight is 401 g/mol. The molecular formula is C26H28N2O2. The molecule has 0 aromatic heterocycles. The molecule has 4 heteroatoms. The molecule has 0 aliphatic carbocycles. The summed E-state index contributed by atoms with van der Waals surface area (Å²) in [7, 11) is 0. The summed E-state index contributed by atoms with van der Waals surface area (Å²) >= 11 is 0. The van der Waals surface area contributed by atoms with Crippen LogP contribution in [0.4, 0.5) is 0 Å². The fourth-order valence-corrected chi connectivity index (χ4v) is 3.42. The van der Waals surface area contributed by atoms with E-state index in [0.717, 1.165) is 34.4 Å². The molecule has 0 heterocycles. The molecule has 30 heavy (non-hydrogen) atoms. The maximum Gasteiger partial charge on any atom is 0.146 e. The first-order valence-corrected chi connectivity index (χ1v) is 10.5. The van der Waals surface area contributed by atoms with Gasteiger partial charge in [0.15, 0.2) is 0 Å². The van der Waals surface area contributed by atoms with Crippen molar-refractivity contribution in [2.75, 3.05) is 13.2 Å². The van der Waals surface area contributed by atoms with Gasteiger partial charge in [-0.3, -0.25) is 0 Å². The SMILES string of the molecule is CC(C)CCOc1c(C#N)c(C#N)c(OCCC(C)C)c2cc3ccccc3cc12. The fourth-order valence-electron chi connectivity index (χ4n) is 3.42. The molecule has 0 aliphatic heterocycles. The first-order chi connectivity index (χ1) is 14.5. The summed E-state index contributed by atoms with van der Waals surface area (Å²) in [5.74, 6) is 1.92. The zero-order valence-electron chi connectivity index (χ0n) is 18.2. The summed E-state index contributed by atoms with van der Waals surface area (Å²) in [5.41, 5.74) is 0.507. The summed E-state index contributed by atoms with van der Waals surface area (Å²) < 4.78 is 12.2. The van der Waals surface area contributed by atoms with Crippen LogP contribution in [0.3, 0.4) is 0 Å². The molecular weight excluding hydrogens is 372 g/mol. The second kappa shape index (κ2) is 9.51. The molecule has 3 aromatic carbocycles. The number of hydrogen-bond acceptors (Lipinski definition) is 4. The van der Waals surface area contributed by atoms with E-state index >= 15 is 0 Å². The van der Waals surface area contributed by atoms with Gasteiger partial charge in [0.05, 0.1) is 13.2 Å². The highest BCUT2D eigenvalue weighted by Crippen LogP contribution is 2.42. The molecule has 0 spiro atoms. The summed E-state index contributed by atoms with van der Waals surface area (Å²) in [6.07, 6.45) is 1.74. The minimum Gasteiger partial charge on any atom is -0.491 e. The Labute approximate surface area is 178 Å². The van der Waals surface area contributed by atoms with Gasteiger partial charge in [-0.15, -0.1) is 0 Å². The molecule has 0 bridgehead atoms. The molecule has 0 fully saturated rings. The highest BCUT2D eigenvalue weighted by atomic mass is 16.5. The zero-order valence-corrected chi connectivity index (χ0v) is 18.2. The van der Waals surface area contributed by atoms with Crippen LogP contribution in [0.2, 0.25) is 0 Å². The molecule has 4 nitrogen and oxygen atoms in total. The number of fused-ring (bicyclic) bond motifs is 2. The normalized spacial score (nSPS) is 11.1. The Balaban J connectivity index is 2.26. The van der Waals surface area contributed by atoms with Crippen LogP contribution in [0.1, 0.15) is 51.7 Å². The van der Waals surface area contributed by atoms with Gasteiger partial charge in [-0.25, -0.2) is 0 Å². The molecule has 0 unspecified atom stereocenters. The molecule has 0 aliphatic rings. The van der Waals surface area contributed by atoms with Crippen LogP contribution in [0, 0.1) is 34.5 Å². The van der Waals surface area contributed by atoms with E-state index in [9.17, 15) is 10.5 Å². The highest BCUT2D eigenvalue weighted by Gasteiger charge is 2.23. The van der Waals surface area contributed by atoms with Crippen LogP contribution in [0.25, 0.3) is 21.5 Å². The van der Waals surface area contributed by atoms with Gasteiger partial charge >= 0.3 is 0 Å². The third-order valence-corrected chi connectivity index (χ3v) is 5.19. The number of benzene rings is 3. The van der Waals surface area contributed by atoms with Crippen LogP contribution in [0.15, 0.2) is 36.4 Å². The lowest BCUT2D eigenvalue weighted by Gasteiger charge is -2.18. The van der Waals surface area contributed by atoms with Crippen molar-refractivity contribution in [1.29, 1.82) is 10.5 Å². The van der Waals surface area contributed by atoms with Crippen molar-refractivity contribution in [2.45, 2.75) is 40.5 Å². The third-order valence-electron chi connectivity index (χ3n) is 5.19. The first-order valence-electron chi connectivity index (χ1n) is 10.5. The number of hydrogen-bond donors (Lipinski definition) is 0. The number of rotatable bonds is 8. The Morgan fingerprint density at radius 2 is 1.13 bits per heavy atom. The van der Waals surface area contributed by atoms with Gasteiger partial charge in [-0.05, 0) is 47.6 Å². The second-order valence-electron chi connectivity index (χ2n) is 8.44. The Kier molecular flexibility index (Phi) is 6.80. The molecule has 0 radical (unpaired) electrons. The van der Waals surface area contributed by atoms with Crippen LogP contribution in [-0.2, 0) is 0 Å². The maximum absolute atomic E-state index is 9.91. The van der Waals surface area contributed by atoms with Gasteiger partial charge in [-0.1, -0.05) is 52.0 Å². The maximum atomic E-state index is 9.91. The van der Waals surface area contributed by atoms with Crippen molar-refractivity contribution in [3.05, 3.63) is 47.5 Å². The summed E-state index contributed by atoms with van der Waals surface area (Å²) in [4.78, 5) is 0. The van der Waals surface area contributed by atoms with Gasteiger partial charge in [0, 0.05) is 10.8 Å². The van der Waals surface area contributed by atoms with Crippen molar-refractivity contribution in [3.63, 3.8) is 0 Å². The van der Waals surface area contributed by atoms with Crippen molar-refractivity contribution >= 4 is 21.5 Å². The largest absolute Gasteiger partial charge is 0.491 e. The molecule has 0 amide bonds. The lowest BCUT2D eigenvalue weighted by atomic mass is 9.96. The van der Waals surface area contributed by atoms with E-state index in [-0.39, 0.29) is 11.1 Å². The minimum atomic E-state index is 0.253. The Morgan fingerprint density at radius 3 is 1.47 bits per heavy atom. The minimum absolute atomic E-state index is 0.253. The number of nitrogens with zero attached hydrogens (tertiary/aromatic N) is 2. The lowest BCUT2D eigenvalue weighted by molar-refractivity contribution is 0.285. The van der Waals surface area contributed by atoms with E-state index in [1.807, 2.05) is 36.4 Å². The van der Waals surface area contributed by atoms with Crippen LogP contribution in [-0.4, -0.2) is 13.2 Å². The topological polar surface area (TPSA) is 66.0 Å². The molecule has 0 saturated carbocycles. The van der Waals surface area contributed by atoms with Gasteiger partial charge in [0.1, 0.15) is 34.8 Å². The average Bonchev–Trinajstić information content (AvgIpc) is 2.72. The first kappa shape index (κ1) is 21.5. The molecule has 154 valence electrons. The van der Waals surface area contributed by atoms with Gasteiger partial charge < -0.3 is 9.47 Å². The van der Waals surface area contributed by atoms with E-state index < -0.39 is 0 Å². The van der Waals surface area contributed by atoms with Crippen molar-refractivity contribution in [3.8, 4) is 23.6 Å². The monoisotopic (exact) mass is 400 g/mol. The molecule has 3 aromatic rings. The van der Waals surface area contributed by atoms with Crippen LogP contribution < -0.4 is 9.47 Å². The van der Waals surface area contributed by atoms with E-state index in [4.69, 9.17) is 9.47 Å². The Morgan fingerprint density at radius 1 is 0.733 bits per heavy atom. The third kappa shape index (κ3) is 4.50. The number of ether oxygens (including phenoxy) is 2. The summed E-state index contributed by atoms with van der Waals surface area (Å²) in [6.45, 7) is 9.51. The summed E-state index contributed by atoms with van der Waals surface area (Å²) in [6, 6.07) is 16.5. The number of nitriles is 2. The second-order valence-corrected chi connectivity index (χ2v) is 8.44. The zero-order chi connectivity index (χ0) is 21.7. The predicted molar refractivity (Wildman–Crippen MR) is 121 cm³/mol. The standard InChI is InChI=1S/C26H28N2O2/c1-17(2)9-11-29-25-21-13-19-7-5-6-8-20(19)14-22(21)26(30-12-10-18(3)4)24(16-28)23(25)15-27/h5-8,13-14,17-18H,9-12H2,1-4H3. The lowest BCUT2D eigenvalue weighted by Crippen LogP contribution is -2.07. The van der Waals surface area contributed by atoms with Gasteiger partial charge in [-0.2, -0.15) is 10.5 Å². The molecule has 0 saturated heterocycles. The van der Waals surface area contributed by atoms with E-state index in [1.165, 1.54) is 0 Å². The smallest absolute Gasteiger partial charge is 0.146 e. The Hall–Kier alpha value is -3.24. The fraction of sp³-hybridized carbons (Fsp3) is 0.385. The van der Waals surface area contributed by atoms with E-state index in [2.05, 4.69) is 39.8 Å². The van der Waals surface area contributed by atoms with Gasteiger partial charge in [0.2, 0.25) is 0 Å². The van der Waals surface area contributed by atoms with Crippen LogP contribution >= 0.6 is 0 Å². The van der Waals surface area contributed by atoms with Crippen molar-refractivity contribution < 1.29 is 9.47 Å². The molecule has 0 atom stereocenters.